The zero-order valence-electron chi connectivity index (χ0n) is 17.4. The summed E-state index contributed by atoms with van der Waals surface area (Å²) < 4.78 is 30.2. The number of phenols is 1. The molecular formula is C16H19N3O5S. The number of hydrogen-bond donors (Lipinski definition) is 4. The van der Waals surface area contributed by atoms with Gasteiger partial charge >= 0.3 is 5.97 Å². The molecule has 0 saturated carbocycles. The van der Waals surface area contributed by atoms with E-state index in [0.717, 1.165) is 0 Å². The number of thioether (sulfide) groups is 1. The van der Waals surface area contributed by atoms with Crippen molar-refractivity contribution in [2.24, 2.45) is 5.73 Å². The maximum Gasteiger partial charge on any atom is 0.327 e. The van der Waals surface area contributed by atoms with Gasteiger partial charge in [-0.25, -0.2) is 4.79 Å². The van der Waals surface area contributed by atoms with E-state index >= 15 is 0 Å². The number of carboxylic acids is 1. The molecule has 1 aromatic carbocycles. The summed E-state index contributed by atoms with van der Waals surface area (Å²) in [4.78, 5) is 37.8. The highest BCUT2D eigenvalue weighted by atomic mass is 32.2. The van der Waals surface area contributed by atoms with Gasteiger partial charge < -0.3 is 26.2 Å². The van der Waals surface area contributed by atoms with Crippen LogP contribution in [0, 0.1) is 0 Å². The molecule has 0 unspecified atom stereocenters. The molecule has 3 rings (SSSR count). The van der Waals surface area contributed by atoms with Gasteiger partial charge in [0.1, 0.15) is 29.2 Å². The van der Waals surface area contributed by atoms with Crippen LogP contribution in [0.15, 0.2) is 24.2 Å². The van der Waals surface area contributed by atoms with Crippen LogP contribution in [0.4, 0.5) is 0 Å². The summed E-state index contributed by atoms with van der Waals surface area (Å²) in [5.41, 5.74) is 5.43. The molecule has 0 aliphatic carbocycles. The summed E-state index contributed by atoms with van der Waals surface area (Å²) in [6.45, 7) is 3.38. The zero-order chi connectivity index (χ0) is 22.0. The molecule has 2 aliphatic heterocycles. The van der Waals surface area contributed by atoms with Crippen molar-refractivity contribution < 1.29 is 30.1 Å². The normalized spacial score (nSPS) is 30.3. The first kappa shape index (κ1) is 13.0. The van der Waals surface area contributed by atoms with Gasteiger partial charge in [0.2, 0.25) is 11.8 Å². The van der Waals surface area contributed by atoms with E-state index in [4.69, 9.17) is 11.2 Å². The number of benzene rings is 1. The SMILES string of the molecule is [2H]c1c([2H])c([C@@H](N)C(=O)N[C@@H]2C(=O)N3[C@@H]2SC(C)(C)[C@@H]3C(=O)O)c([2H])c([2H])c1O. The van der Waals surface area contributed by atoms with Crippen LogP contribution in [-0.2, 0) is 14.4 Å². The number of β-lactam (4-membered cyclic amide) rings is 1. The molecule has 134 valence electrons. The van der Waals surface area contributed by atoms with E-state index in [2.05, 4.69) is 5.32 Å². The standard InChI is InChI=1S/C16H19N3O5S/c1-16(2)11(15(23)24)19-13(22)10(14(19)25-16)18-12(21)9(17)7-3-5-8(20)6-4-7/h3-6,9-11,14,20H,17H2,1-2H3,(H,18,21)(H,23,24)/t9-,10-,11+,14-/m1/s1/i3D,4D,5D,6D. The summed E-state index contributed by atoms with van der Waals surface area (Å²) in [7, 11) is 0. The third kappa shape index (κ3) is 2.83. The Bertz CT molecular complexity index is 915. The van der Waals surface area contributed by atoms with Gasteiger partial charge in [-0.3, -0.25) is 9.59 Å². The number of nitrogens with two attached hydrogens (primary N) is 1. The number of carbonyl (C=O) groups is 3. The molecule has 25 heavy (non-hydrogen) atoms. The Balaban J connectivity index is 1.83. The van der Waals surface area contributed by atoms with Crippen molar-refractivity contribution in [2.75, 3.05) is 0 Å². The highest BCUT2D eigenvalue weighted by Crippen LogP contribution is 2.50. The monoisotopic (exact) mass is 369 g/mol. The molecule has 4 atom stereocenters. The van der Waals surface area contributed by atoms with E-state index in [1.54, 1.807) is 13.8 Å². The fraction of sp³-hybridized carbons (Fsp3) is 0.438. The molecular weight excluding hydrogens is 346 g/mol. The Morgan fingerprint density at radius 1 is 1.40 bits per heavy atom. The Morgan fingerprint density at radius 2 is 2.00 bits per heavy atom. The molecule has 0 aromatic heterocycles. The Morgan fingerprint density at radius 3 is 2.56 bits per heavy atom. The molecule has 2 aliphatic rings. The Labute approximate surface area is 154 Å². The maximum atomic E-state index is 12.6. The lowest BCUT2D eigenvalue weighted by Gasteiger charge is -2.43. The highest BCUT2D eigenvalue weighted by molar-refractivity contribution is 8.01. The van der Waals surface area contributed by atoms with Crippen molar-refractivity contribution in [2.45, 2.75) is 42.1 Å². The minimum absolute atomic E-state index is 0.415. The van der Waals surface area contributed by atoms with Crippen molar-refractivity contribution >= 4 is 29.5 Å². The highest BCUT2D eigenvalue weighted by Gasteiger charge is 2.64. The number of aliphatic carboxylic acids is 1. The van der Waals surface area contributed by atoms with E-state index in [0.29, 0.717) is 0 Å². The first-order chi connectivity index (χ1) is 13.3. The van der Waals surface area contributed by atoms with Crippen LogP contribution >= 0.6 is 11.8 Å². The van der Waals surface area contributed by atoms with Crippen LogP contribution in [0.2, 0.25) is 0 Å². The van der Waals surface area contributed by atoms with Crippen LogP contribution in [0.3, 0.4) is 0 Å². The average Bonchev–Trinajstić information content (AvgIpc) is 2.90. The number of rotatable bonds is 4. The minimum Gasteiger partial charge on any atom is -0.508 e. The van der Waals surface area contributed by atoms with Gasteiger partial charge in [0.05, 0.1) is 5.48 Å². The van der Waals surface area contributed by atoms with Crippen molar-refractivity contribution in [3.05, 3.63) is 29.7 Å². The third-order valence-electron chi connectivity index (χ3n) is 4.20. The largest absolute Gasteiger partial charge is 0.508 e. The van der Waals surface area contributed by atoms with Gasteiger partial charge in [-0.05, 0) is 31.5 Å². The molecule has 0 bridgehead atoms. The number of nitrogens with one attached hydrogen (secondary N) is 1. The lowest BCUT2D eigenvalue weighted by Crippen LogP contribution is -2.71. The second-order valence-electron chi connectivity index (χ2n) is 6.32. The first-order valence-corrected chi connectivity index (χ1v) is 8.27. The molecule has 2 amide bonds. The van der Waals surface area contributed by atoms with Crippen LogP contribution in [0.1, 0.15) is 30.9 Å². The quantitative estimate of drug-likeness (QED) is 0.550. The van der Waals surface area contributed by atoms with Crippen LogP contribution in [0.25, 0.3) is 0 Å². The molecule has 2 fully saturated rings. The Kier molecular flexibility index (Phi) is 3.08. The summed E-state index contributed by atoms with van der Waals surface area (Å²) in [5, 5.41) is 20.8. The van der Waals surface area contributed by atoms with Crippen LogP contribution in [-0.4, -0.2) is 55.1 Å². The molecule has 2 heterocycles. The average molecular weight is 369 g/mol. The number of carbonyl (C=O) groups excluding carboxylic acids is 2. The lowest BCUT2D eigenvalue weighted by atomic mass is 9.95. The molecule has 5 N–H and O–H groups in total. The summed E-state index contributed by atoms with van der Waals surface area (Å²) in [5.74, 6) is -3.49. The molecule has 2 saturated heterocycles. The number of amides is 2. The van der Waals surface area contributed by atoms with Crippen molar-refractivity contribution in [3.63, 3.8) is 0 Å². The number of hydrogen-bond acceptors (Lipinski definition) is 6. The van der Waals surface area contributed by atoms with Gasteiger partial charge in [0.25, 0.3) is 0 Å². The predicted octanol–water partition coefficient (Wildman–Crippen LogP) is 0.0237. The predicted molar refractivity (Wildman–Crippen MR) is 90.7 cm³/mol. The van der Waals surface area contributed by atoms with Gasteiger partial charge in [-0.2, -0.15) is 0 Å². The van der Waals surface area contributed by atoms with Crippen molar-refractivity contribution in [3.8, 4) is 5.75 Å². The van der Waals surface area contributed by atoms with Gasteiger partial charge in [-0.1, -0.05) is 12.1 Å². The Hall–Kier alpha value is -2.26. The van der Waals surface area contributed by atoms with E-state index in [-0.39, 0.29) is 0 Å². The van der Waals surface area contributed by atoms with Crippen LogP contribution < -0.4 is 11.1 Å². The summed E-state index contributed by atoms with van der Waals surface area (Å²) >= 11 is 1.23. The maximum absolute atomic E-state index is 12.6. The molecule has 1 aromatic rings. The topological polar surface area (TPSA) is 133 Å². The number of aromatic hydroxyl groups is 1. The number of carboxylic acid groups (broad SMARTS) is 1. The van der Waals surface area contributed by atoms with Gasteiger partial charge in [0, 0.05) is 4.75 Å². The number of fused-ring (bicyclic) bond motifs is 1. The van der Waals surface area contributed by atoms with E-state index in [1.807, 2.05) is 0 Å². The minimum atomic E-state index is -1.62. The number of nitrogens with zero attached hydrogens (tertiary/aromatic N) is 1. The molecule has 0 spiro atoms. The molecule has 0 radical (unpaired) electrons. The molecule has 8 nitrogen and oxygen atoms in total. The number of phenolic OH excluding ortho intramolecular Hbond substituents is 1. The first-order valence-electron chi connectivity index (χ1n) is 9.39. The smallest absolute Gasteiger partial charge is 0.327 e. The van der Waals surface area contributed by atoms with Crippen LogP contribution in [0.5, 0.6) is 5.75 Å². The summed E-state index contributed by atoms with van der Waals surface area (Å²) in [6.07, 6.45) is 0. The second kappa shape index (κ2) is 5.92. The third-order valence-corrected chi connectivity index (χ3v) is 5.77. The lowest BCUT2D eigenvalue weighted by molar-refractivity contribution is -0.161. The fourth-order valence-corrected chi connectivity index (χ4v) is 4.62. The van der Waals surface area contributed by atoms with Crippen molar-refractivity contribution in [1.29, 1.82) is 0 Å². The second-order valence-corrected chi connectivity index (χ2v) is 8.10. The van der Waals surface area contributed by atoms with E-state index in [9.17, 15) is 24.6 Å². The van der Waals surface area contributed by atoms with Crippen molar-refractivity contribution in [1.82, 2.24) is 10.2 Å². The fourth-order valence-electron chi connectivity index (χ4n) is 2.99. The van der Waals surface area contributed by atoms with Gasteiger partial charge in [0.15, 0.2) is 0 Å². The molecule has 9 heteroatoms. The van der Waals surface area contributed by atoms with Gasteiger partial charge in [-0.15, -0.1) is 11.8 Å². The van der Waals surface area contributed by atoms with E-state index < -0.39 is 81.5 Å². The zero-order valence-corrected chi connectivity index (χ0v) is 14.2. The van der Waals surface area contributed by atoms with E-state index in [1.165, 1.54) is 16.7 Å². The summed E-state index contributed by atoms with van der Waals surface area (Å²) in [6, 6.07) is -6.46.